The van der Waals surface area contributed by atoms with Gasteiger partial charge in [0.1, 0.15) is 0 Å². The van der Waals surface area contributed by atoms with Crippen LogP contribution in [0.25, 0.3) is 0 Å². The number of hydrogen-bond donors (Lipinski definition) is 1. The van der Waals surface area contributed by atoms with Gasteiger partial charge in [0, 0.05) is 32.1 Å². The second kappa shape index (κ2) is 6.55. The first-order chi connectivity index (χ1) is 8.66. The van der Waals surface area contributed by atoms with Crippen LogP contribution in [0.4, 0.5) is 0 Å². The molecule has 0 radical (unpaired) electrons. The standard InChI is InChI=1S/C15H28N2O/c1-12-5-6-14(11-13(12)2)16-8-7-15(18)17-9-3-4-10-17/h12-14,16H,3-11H2,1-2H3. The topological polar surface area (TPSA) is 32.3 Å². The molecule has 104 valence electrons. The second-order valence-electron chi connectivity index (χ2n) is 6.26. The molecule has 2 aliphatic rings. The van der Waals surface area contributed by atoms with Gasteiger partial charge in [0.05, 0.1) is 0 Å². The van der Waals surface area contributed by atoms with Crippen molar-refractivity contribution in [3.05, 3.63) is 0 Å². The predicted octanol–water partition coefficient (Wildman–Crippen LogP) is 2.41. The molecule has 2 fully saturated rings. The Hall–Kier alpha value is -0.570. The highest BCUT2D eigenvalue weighted by Crippen LogP contribution is 2.29. The van der Waals surface area contributed by atoms with Gasteiger partial charge >= 0.3 is 0 Å². The molecule has 1 saturated carbocycles. The third kappa shape index (κ3) is 3.71. The highest BCUT2D eigenvalue weighted by Gasteiger charge is 2.24. The van der Waals surface area contributed by atoms with Crippen molar-refractivity contribution >= 4 is 5.91 Å². The number of nitrogens with zero attached hydrogens (tertiary/aromatic N) is 1. The zero-order valence-corrected chi connectivity index (χ0v) is 12.0. The maximum atomic E-state index is 11.9. The van der Waals surface area contributed by atoms with Crippen LogP contribution in [0.5, 0.6) is 0 Å². The van der Waals surface area contributed by atoms with E-state index in [2.05, 4.69) is 19.2 Å². The maximum Gasteiger partial charge on any atom is 0.223 e. The van der Waals surface area contributed by atoms with Gasteiger partial charge in [0.25, 0.3) is 0 Å². The van der Waals surface area contributed by atoms with Crippen LogP contribution in [0.2, 0.25) is 0 Å². The molecule has 0 aromatic rings. The summed E-state index contributed by atoms with van der Waals surface area (Å²) in [6.45, 7) is 7.54. The number of likely N-dealkylation sites (tertiary alicyclic amines) is 1. The summed E-state index contributed by atoms with van der Waals surface area (Å²) in [7, 11) is 0. The Morgan fingerprint density at radius 2 is 1.89 bits per heavy atom. The molecule has 3 nitrogen and oxygen atoms in total. The lowest BCUT2D eigenvalue weighted by atomic mass is 9.79. The summed E-state index contributed by atoms with van der Waals surface area (Å²) in [4.78, 5) is 13.9. The van der Waals surface area contributed by atoms with Gasteiger partial charge in [-0.1, -0.05) is 13.8 Å². The van der Waals surface area contributed by atoms with Crippen molar-refractivity contribution in [3.63, 3.8) is 0 Å². The van der Waals surface area contributed by atoms with Crippen molar-refractivity contribution < 1.29 is 4.79 Å². The molecular weight excluding hydrogens is 224 g/mol. The molecule has 3 unspecified atom stereocenters. The summed E-state index contributed by atoms with van der Waals surface area (Å²) < 4.78 is 0. The highest BCUT2D eigenvalue weighted by atomic mass is 16.2. The van der Waals surface area contributed by atoms with Crippen molar-refractivity contribution in [2.24, 2.45) is 11.8 Å². The molecule has 2 rings (SSSR count). The molecule has 0 bridgehead atoms. The third-order valence-corrected chi connectivity index (χ3v) is 4.83. The van der Waals surface area contributed by atoms with Crippen LogP contribution < -0.4 is 5.32 Å². The minimum atomic E-state index is 0.345. The molecule has 0 aromatic carbocycles. The summed E-state index contributed by atoms with van der Waals surface area (Å²) in [5.74, 6) is 2.04. The molecule has 1 saturated heterocycles. The van der Waals surface area contributed by atoms with Crippen molar-refractivity contribution in [2.75, 3.05) is 19.6 Å². The van der Waals surface area contributed by atoms with E-state index in [1.807, 2.05) is 4.90 Å². The molecule has 3 atom stereocenters. The fourth-order valence-corrected chi connectivity index (χ4v) is 3.24. The van der Waals surface area contributed by atoms with Crippen LogP contribution in [0.15, 0.2) is 0 Å². The molecule has 1 amide bonds. The Bertz CT molecular complexity index is 274. The second-order valence-corrected chi connectivity index (χ2v) is 6.26. The van der Waals surface area contributed by atoms with Crippen LogP contribution in [-0.2, 0) is 4.79 Å². The van der Waals surface area contributed by atoms with Crippen molar-refractivity contribution in [1.29, 1.82) is 0 Å². The molecule has 1 aliphatic heterocycles. The molecule has 1 N–H and O–H groups in total. The van der Waals surface area contributed by atoms with Crippen LogP contribution >= 0.6 is 0 Å². The molecule has 0 aromatic heterocycles. The number of carbonyl (C=O) groups excluding carboxylic acids is 1. The fraction of sp³-hybridized carbons (Fsp3) is 0.933. The summed E-state index contributed by atoms with van der Waals surface area (Å²) in [6, 6.07) is 0.641. The van der Waals surface area contributed by atoms with E-state index in [0.717, 1.165) is 31.5 Å². The minimum Gasteiger partial charge on any atom is -0.343 e. The van der Waals surface area contributed by atoms with E-state index < -0.39 is 0 Å². The van der Waals surface area contributed by atoms with Gasteiger partial charge in [-0.3, -0.25) is 4.79 Å². The van der Waals surface area contributed by atoms with Gasteiger partial charge in [-0.15, -0.1) is 0 Å². The van der Waals surface area contributed by atoms with Gasteiger partial charge in [0.15, 0.2) is 0 Å². The Labute approximate surface area is 111 Å². The molecule has 3 heteroatoms. The predicted molar refractivity (Wildman–Crippen MR) is 74.4 cm³/mol. The Morgan fingerprint density at radius 3 is 2.56 bits per heavy atom. The molecular formula is C15H28N2O. The molecule has 18 heavy (non-hydrogen) atoms. The monoisotopic (exact) mass is 252 g/mol. The lowest BCUT2D eigenvalue weighted by Gasteiger charge is -2.32. The molecule has 0 spiro atoms. The Morgan fingerprint density at radius 1 is 1.17 bits per heavy atom. The van der Waals surface area contributed by atoms with Gasteiger partial charge in [-0.05, 0) is 43.9 Å². The van der Waals surface area contributed by atoms with Crippen molar-refractivity contribution in [3.8, 4) is 0 Å². The third-order valence-electron chi connectivity index (χ3n) is 4.83. The van der Waals surface area contributed by atoms with Crippen LogP contribution in [-0.4, -0.2) is 36.5 Å². The average Bonchev–Trinajstić information content (AvgIpc) is 2.87. The van der Waals surface area contributed by atoms with Gasteiger partial charge in [0.2, 0.25) is 5.91 Å². The first kappa shape index (κ1) is 13.9. The van der Waals surface area contributed by atoms with Gasteiger partial charge in [-0.25, -0.2) is 0 Å². The van der Waals surface area contributed by atoms with E-state index in [4.69, 9.17) is 0 Å². The number of rotatable bonds is 4. The van der Waals surface area contributed by atoms with E-state index >= 15 is 0 Å². The van der Waals surface area contributed by atoms with E-state index in [1.165, 1.54) is 32.1 Å². The molecule has 1 aliphatic carbocycles. The lowest BCUT2D eigenvalue weighted by Crippen LogP contribution is -2.38. The van der Waals surface area contributed by atoms with E-state index in [0.29, 0.717) is 18.4 Å². The quantitative estimate of drug-likeness (QED) is 0.833. The van der Waals surface area contributed by atoms with Crippen LogP contribution in [0.3, 0.4) is 0 Å². The Balaban J connectivity index is 1.61. The minimum absolute atomic E-state index is 0.345. The van der Waals surface area contributed by atoms with E-state index in [-0.39, 0.29) is 0 Å². The van der Waals surface area contributed by atoms with E-state index in [9.17, 15) is 4.79 Å². The normalized spacial score (nSPS) is 32.8. The van der Waals surface area contributed by atoms with E-state index in [1.54, 1.807) is 0 Å². The zero-order valence-electron chi connectivity index (χ0n) is 12.0. The van der Waals surface area contributed by atoms with Crippen LogP contribution in [0, 0.1) is 11.8 Å². The number of amides is 1. The largest absolute Gasteiger partial charge is 0.343 e. The summed E-state index contributed by atoms with van der Waals surface area (Å²) in [5, 5.41) is 3.58. The maximum absolute atomic E-state index is 11.9. The zero-order chi connectivity index (χ0) is 13.0. The highest BCUT2D eigenvalue weighted by molar-refractivity contribution is 5.76. The summed E-state index contributed by atoms with van der Waals surface area (Å²) in [6.07, 6.45) is 6.95. The lowest BCUT2D eigenvalue weighted by molar-refractivity contribution is -0.130. The molecule has 1 heterocycles. The van der Waals surface area contributed by atoms with Crippen molar-refractivity contribution in [2.45, 2.75) is 58.4 Å². The average molecular weight is 252 g/mol. The number of nitrogens with one attached hydrogen (secondary N) is 1. The first-order valence-corrected chi connectivity index (χ1v) is 7.68. The number of carbonyl (C=O) groups is 1. The summed E-state index contributed by atoms with van der Waals surface area (Å²) >= 11 is 0. The summed E-state index contributed by atoms with van der Waals surface area (Å²) in [5.41, 5.74) is 0. The van der Waals surface area contributed by atoms with Crippen LogP contribution in [0.1, 0.15) is 52.4 Å². The van der Waals surface area contributed by atoms with Gasteiger partial charge < -0.3 is 10.2 Å². The SMILES string of the molecule is CC1CCC(NCCC(=O)N2CCCC2)CC1C. The smallest absolute Gasteiger partial charge is 0.223 e. The number of hydrogen-bond acceptors (Lipinski definition) is 2. The first-order valence-electron chi connectivity index (χ1n) is 7.68. The fourth-order valence-electron chi connectivity index (χ4n) is 3.24. The Kier molecular flexibility index (Phi) is 5.04. The van der Waals surface area contributed by atoms with Crippen molar-refractivity contribution in [1.82, 2.24) is 10.2 Å². The van der Waals surface area contributed by atoms with Gasteiger partial charge in [-0.2, -0.15) is 0 Å².